The number of aromatic hydroxyl groups is 1. The maximum absolute atomic E-state index is 11.1. The number of phenols is 1. The number of fused-ring (bicyclic) bond motifs is 3. The summed E-state index contributed by atoms with van der Waals surface area (Å²) in [6, 6.07) is 42.2. The van der Waals surface area contributed by atoms with Crippen molar-refractivity contribution in [2.24, 2.45) is 0 Å². The van der Waals surface area contributed by atoms with E-state index in [1.54, 1.807) is 6.20 Å². The number of rotatable bonds is 5. The Hall–Kier alpha value is -4.73. The van der Waals surface area contributed by atoms with Gasteiger partial charge in [-0.2, -0.15) is 0 Å². The largest absolute Gasteiger partial charge is 0.505 e. The third kappa shape index (κ3) is 4.76. The van der Waals surface area contributed by atoms with Crippen molar-refractivity contribution < 1.29 is 26.2 Å². The molecule has 1 N–H and O–H groups in total. The molecule has 208 valence electrons. The Labute approximate surface area is 259 Å². The summed E-state index contributed by atoms with van der Waals surface area (Å²) in [7, 11) is 0. The van der Waals surface area contributed by atoms with Crippen LogP contribution in [0.3, 0.4) is 0 Å². The molecule has 4 aromatic carbocycles. The van der Waals surface area contributed by atoms with Crippen molar-refractivity contribution in [3.05, 3.63) is 139 Å². The zero-order chi connectivity index (χ0) is 27.9. The predicted molar refractivity (Wildman–Crippen MR) is 166 cm³/mol. The molecule has 0 aliphatic rings. The minimum absolute atomic E-state index is 0. The second kappa shape index (κ2) is 11.3. The Morgan fingerprint density at radius 2 is 1.55 bits per heavy atom. The van der Waals surface area contributed by atoms with Gasteiger partial charge in [-0.05, 0) is 72.8 Å². The molecule has 0 saturated heterocycles. The summed E-state index contributed by atoms with van der Waals surface area (Å²) in [6.45, 7) is 3.97. The van der Waals surface area contributed by atoms with Gasteiger partial charge in [0.05, 0.1) is 11.2 Å². The molecule has 7 rings (SSSR count). The van der Waals surface area contributed by atoms with Gasteiger partial charge in [-0.15, -0.1) is 29.8 Å². The molecule has 0 fully saturated rings. The van der Waals surface area contributed by atoms with Crippen molar-refractivity contribution >= 4 is 39.1 Å². The first-order valence-corrected chi connectivity index (χ1v) is 13.6. The standard InChI is InChI=1S/C36H27N4O.Pt/c1-24-21-25(2)35(41)33(22-24)40-32-16-7-6-15-29(32)30-18-19-31(38-36(30)40)26-11-10-14-28(23-26)39(27-12-4-3-5-13-27)34-17-8-9-20-37-34;/h3-22,41H,1-2H3;/q-1;. The SMILES string of the molecule is Cc1cc(C)c(O)c(-n2c3ccccc3c3ccc(-c4[c-]c(N(c5ccccc5)c5ccccn5)ccc4)nc32)c1.[Pt]. The minimum Gasteiger partial charge on any atom is -0.505 e. The predicted octanol–water partition coefficient (Wildman–Crippen LogP) is 8.83. The Morgan fingerprint density at radius 1 is 0.762 bits per heavy atom. The zero-order valence-corrected chi connectivity index (χ0v) is 25.4. The Bertz CT molecular complexity index is 2000. The quantitative estimate of drug-likeness (QED) is 0.180. The summed E-state index contributed by atoms with van der Waals surface area (Å²) in [6.07, 6.45) is 1.80. The van der Waals surface area contributed by atoms with Gasteiger partial charge in [-0.25, -0.2) is 4.98 Å². The van der Waals surface area contributed by atoms with E-state index < -0.39 is 0 Å². The number of hydrogen-bond acceptors (Lipinski definition) is 4. The Morgan fingerprint density at radius 3 is 2.36 bits per heavy atom. The molecule has 0 amide bonds. The molecular weight excluding hydrogens is 700 g/mol. The van der Waals surface area contributed by atoms with E-state index >= 15 is 0 Å². The number of anilines is 3. The summed E-state index contributed by atoms with van der Waals surface area (Å²) in [5.74, 6) is 1.06. The smallest absolute Gasteiger partial charge is 0.142 e. The maximum atomic E-state index is 11.1. The van der Waals surface area contributed by atoms with Gasteiger partial charge >= 0.3 is 0 Å². The number of pyridine rings is 2. The first-order chi connectivity index (χ1) is 20.1. The molecular formula is C36H27N4OPt-. The van der Waals surface area contributed by atoms with Crippen LogP contribution in [0, 0.1) is 19.9 Å². The van der Waals surface area contributed by atoms with Crippen LogP contribution >= 0.6 is 0 Å². The van der Waals surface area contributed by atoms with Crippen LogP contribution in [-0.4, -0.2) is 19.6 Å². The van der Waals surface area contributed by atoms with Crippen LogP contribution < -0.4 is 4.90 Å². The average Bonchev–Trinajstić information content (AvgIpc) is 3.34. The number of phenolic OH excluding ortho intramolecular Hbond substituents is 1. The van der Waals surface area contributed by atoms with Gasteiger partial charge in [0.1, 0.15) is 17.2 Å². The molecule has 7 aromatic rings. The summed E-state index contributed by atoms with van der Waals surface area (Å²) in [4.78, 5) is 11.9. The third-order valence-electron chi connectivity index (χ3n) is 7.38. The molecule has 5 nitrogen and oxygen atoms in total. The van der Waals surface area contributed by atoms with Crippen LogP contribution in [0.25, 0.3) is 38.9 Å². The first kappa shape index (κ1) is 27.4. The van der Waals surface area contributed by atoms with Gasteiger partial charge in [-0.1, -0.05) is 60.7 Å². The van der Waals surface area contributed by atoms with Crippen molar-refractivity contribution in [2.75, 3.05) is 4.90 Å². The van der Waals surface area contributed by atoms with Crippen LogP contribution in [0.2, 0.25) is 0 Å². The van der Waals surface area contributed by atoms with Gasteiger partial charge in [0, 0.05) is 43.7 Å². The summed E-state index contributed by atoms with van der Waals surface area (Å²) in [5.41, 5.74) is 7.93. The number of para-hydroxylation sites is 2. The fraction of sp³-hybridized carbons (Fsp3) is 0.0556. The molecule has 0 aliphatic heterocycles. The van der Waals surface area contributed by atoms with Gasteiger partial charge < -0.3 is 10.0 Å². The molecule has 0 aliphatic carbocycles. The van der Waals surface area contributed by atoms with E-state index in [9.17, 15) is 5.11 Å². The molecule has 6 heteroatoms. The second-order valence-corrected chi connectivity index (χ2v) is 10.2. The number of aryl methyl sites for hydroxylation is 2. The fourth-order valence-corrected chi connectivity index (χ4v) is 5.54. The van der Waals surface area contributed by atoms with Crippen LogP contribution in [0.15, 0.2) is 121 Å². The fourth-order valence-electron chi connectivity index (χ4n) is 5.54. The summed E-state index contributed by atoms with van der Waals surface area (Å²) < 4.78 is 2.07. The number of benzene rings is 4. The molecule has 3 aromatic heterocycles. The number of aromatic nitrogens is 3. The molecule has 42 heavy (non-hydrogen) atoms. The van der Waals surface area contributed by atoms with E-state index in [2.05, 4.69) is 50.8 Å². The van der Waals surface area contributed by atoms with Gasteiger partial charge in [0.2, 0.25) is 0 Å². The number of nitrogens with zero attached hydrogens (tertiary/aromatic N) is 4. The van der Waals surface area contributed by atoms with E-state index in [4.69, 9.17) is 4.98 Å². The summed E-state index contributed by atoms with van der Waals surface area (Å²) >= 11 is 0. The van der Waals surface area contributed by atoms with E-state index in [1.165, 1.54) is 0 Å². The minimum atomic E-state index is 0. The van der Waals surface area contributed by atoms with Gasteiger partial charge in [0.25, 0.3) is 0 Å². The molecule has 0 bridgehead atoms. The molecule has 0 spiro atoms. The van der Waals surface area contributed by atoms with E-state index in [-0.39, 0.29) is 26.8 Å². The molecule has 0 unspecified atom stereocenters. The Balaban J connectivity index is 0.00000316. The van der Waals surface area contributed by atoms with Crippen LogP contribution in [0.5, 0.6) is 5.75 Å². The van der Waals surface area contributed by atoms with Crippen molar-refractivity contribution in [2.45, 2.75) is 13.8 Å². The monoisotopic (exact) mass is 726 g/mol. The molecule has 0 radical (unpaired) electrons. The Kier molecular flexibility index (Phi) is 7.36. The normalized spacial score (nSPS) is 11.0. The molecule has 0 atom stereocenters. The average molecular weight is 727 g/mol. The van der Waals surface area contributed by atoms with E-state index in [0.29, 0.717) is 0 Å². The second-order valence-electron chi connectivity index (χ2n) is 10.2. The van der Waals surface area contributed by atoms with Gasteiger partial charge in [-0.3, -0.25) is 9.55 Å². The van der Waals surface area contributed by atoms with Crippen molar-refractivity contribution in [1.82, 2.24) is 14.5 Å². The molecule has 3 heterocycles. The first-order valence-electron chi connectivity index (χ1n) is 13.6. The van der Waals surface area contributed by atoms with Crippen LogP contribution in [0.1, 0.15) is 11.1 Å². The maximum Gasteiger partial charge on any atom is 0.142 e. The topological polar surface area (TPSA) is 54.2 Å². The molecule has 0 saturated carbocycles. The van der Waals surface area contributed by atoms with Crippen LogP contribution in [0.4, 0.5) is 17.2 Å². The van der Waals surface area contributed by atoms with Gasteiger partial charge in [0.15, 0.2) is 0 Å². The summed E-state index contributed by atoms with van der Waals surface area (Å²) in [5, 5.41) is 13.3. The van der Waals surface area contributed by atoms with Crippen LogP contribution in [-0.2, 0) is 21.1 Å². The van der Waals surface area contributed by atoms with E-state index in [0.717, 1.165) is 67.2 Å². The number of hydrogen-bond donors (Lipinski definition) is 1. The van der Waals surface area contributed by atoms with E-state index in [1.807, 2.05) is 98.8 Å². The zero-order valence-electron chi connectivity index (χ0n) is 23.1. The van der Waals surface area contributed by atoms with Crippen molar-refractivity contribution in [3.63, 3.8) is 0 Å². The third-order valence-corrected chi connectivity index (χ3v) is 7.38. The van der Waals surface area contributed by atoms with Crippen molar-refractivity contribution in [1.29, 1.82) is 0 Å². The van der Waals surface area contributed by atoms with Crippen molar-refractivity contribution in [3.8, 4) is 22.7 Å².